The van der Waals surface area contributed by atoms with Crippen molar-refractivity contribution in [2.24, 2.45) is 0 Å². The second-order valence-corrected chi connectivity index (χ2v) is 6.61. The van der Waals surface area contributed by atoms with E-state index in [1.807, 2.05) is 0 Å². The van der Waals surface area contributed by atoms with Crippen LogP contribution >= 0.6 is 23.8 Å². The number of nitro benzene ring substituents is 1. The summed E-state index contributed by atoms with van der Waals surface area (Å²) >= 11 is 11.0. The van der Waals surface area contributed by atoms with E-state index >= 15 is 0 Å². The van der Waals surface area contributed by atoms with E-state index in [9.17, 15) is 14.9 Å². The Morgan fingerprint density at radius 1 is 0.966 bits per heavy atom. The second kappa shape index (κ2) is 9.13. The Morgan fingerprint density at radius 3 is 2.17 bits per heavy atom. The SMILES string of the molecule is O=C(NC(=S)Nc1ccc(Oc2ccc(Cl)cc2)cc1)c1ccccc1[N+](=O)[O-]. The van der Waals surface area contributed by atoms with Gasteiger partial charge in [-0.05, 0) is 66.8 Å². The quantitative estimate of drug-likeness (QED) is 0.331. The summed E-state index contributed by atoms with van der Waals surface area (Å²) in [6.07, 6.45) is 0. The zero-order valence-corrected chi connectivity index (χ0v) is 16.4. The molecule has 3 rings (SSSR count). The predicted octanol–water partition coefficient (Wildman–Crippen LogP) is 5.17. The number of nitrogens with zero attached hydrogens (tertiary/aromatic N) is 1. The van der Waals surface area contributed by atoms with Crippen molar-refractivity contribution in [3.8, 4) is 11.5 Å². The van der Waals surface area contributed by atoms with E-state index in [1.165, 1.54) is 24.3 Å². The third-order valence-corrected chi connectivity index (χ3v) is 4.19. The fourth-order valence-corrected chi connectivity index (χ4v) is 2.74. The maximum atomic E-state index is 12.3. The van der Waals surface area contributed by atoms with Gasteiger partial charge in [-0.3, -0.25) is 20.2 Å². The normalized spacial score (nSPS) is 10.1. The van der Waals surface area contributed by atoms with Crippen LogP contribution in [0.1, 0.15) is 10.4 Å². The van der Waals surface area contributed by atoms with Crippen molar-refractivity contribution in [3.05, 3.63) is 93.5 Å². The Kier molecular flexibility index (Phi) is 6.38. The van der Waals surface area contributed by atoms with E-state index in [-0.39, 0.29) is 16.4 Å². The number of para-hydroxylation sites is 1. The number of carbonyl (C=O) groups is 1. The number of rotatable bonds is 5. The van der Waals surface area contributed by atoms with Gasteiger partial charge in [-0.25, -0.2) is 0 Å². The molecular weight excluding hydrogens is 414 g/mol. The van der Waals surface area contributed by atoms with Crippen LogP contribution < -0.4 is 15.4 Å². The van der Waals surface area contributed by atoms with E-state index in [2.05, 4.69) is 10.6 Å². The lowest BCUT2D eigenvalue weighted by molar-refractivity contribution is -0.385. The predicted molar refractivity (Wildman–Crippen MR) is 115 cm³/mol. The number of hydrogen-bond acceptors (Lipinski definition) is 5. The standard InChI is InChI=1S/C20H14ClN3O4S/c21-13-5-9-15(10-6-13)28-16-11-7-14(8-12-16)22-20(29)23-19(25)17-3-1-2-4-18(17)24(26)27/h1-12H,(H2,22,23,25,29). The Hall–Kier alpha value is -3.49. The molecule has 146 valence electrons. The van der Waals surface area contributed by atoms with Crippen molar-refractivity contribution in [2.45, 2.75) is 0 Å². The van der Waals surface area contributed by atoms with Crippen LogP contribution in [0.5, 0.6) is 11.5 Å². The summed E-state index contributed by atoms with van der Waals surface area (Å²) in [5.41, 5.74) is 0.242. The van der Waals surface area contributed by atoms with Crippen LogP contribution in [-0.2, 0) is 0 Å². The molecule has 0 fully saturated rings. The van der Waals surface area contributed by atoms with Gasteiger partial charge in [0.05, 0.1) is 4.92 Å². The summed E-state index contributed by atoms with van der Waals surface area (Å²) in [5, 5.41) is 17.0. The number of hydrogen-bond donors (Lipinski definition) is 2. The second-order valence-electron chi connectivity index (χ2n) is 5.76. The topological polar surface area (TPSA) is 93.5 Å². The van der Waals surface area contributed by atoms with Crippen molar-refractivity contribution >= 4 is 46.2 Å². The van der Waals surface area contributed by atoms with E-state index in [4.69, 9.17) is 28.6 Å². The maximum Gasteiger partial charge on any atom is 0.282 e. The number of halogens is 1. The molecule has 9 heteroatoms. The molecule has 29 heavy (non-hydrogen) atoms. The molecule has 0 saturated carbocycles. The monoisotopic (exact) mass is 427 g/mol. The number of amides is 1. The minimum atomic E-state index is -0.669. The average Bonchev–Trinajstić information content (AvgIpc) is 2.71. The summed E-state index contributed by atoms with van der Waals surface area (Å²) in [7, 11) is 0. The van der Waals surface area contributed by atoms with Crippen LogP contribution in [0.15, 0.2) is 72.8 Å². The van der Waals surface area contributed by atoms with Gasteiger partial charge in [0.1, 0.15) is 17.1 Å². The summed E-state index contributed by atoms with van der Waals surface area (Å²) in [6.45, 7) is 0. The number of ether oxygens (including phenoxy) is 1. The molecule has 3 aromatic carbocycles. The van der Waals surface area contributed by atoms with Crippen LogP contribution in [0.25, 0.3) is 0 Å². The van der Waals surface area contributed by atoms with E-state index < -0.39 is 10.8 Å². The fourth-order valence-electron chi connectivity index (χ4n) is 2.40. The van der Waals surface area contributed by atoms with Crippen molar-refractivity contribution in [1.29, 1.82) is 0 Å². The van der Waals surface area contributed by atoms with Crippen LogP contribution in [0.3, 0.4) is 0 Å². The molecule has 0 bridgehead atoms. The van der Waals surface area contributed by atoms with Gasteiger partial charge in [0.15, 0.2) is 5.11 Å². The highest BCUT2D eigenvalue weighted by molar-refractivity contribution is 7.80. The summed E-state index contributed by atoms with van der Waals surface area (Å²) in [6, 6.07) is 19.5. The molecule has 3 aromatic rings. The highest BCUT2D eigenvalue weighted by Gasteiger charge is 2.19. The number of nitrogens with one attached hydrogen (secondary N) is 2. The van der Waals surface area contributed by atoms with Gasteiger partial charge >= 0.3 is 0 Å². The molecule has 1 amide bonds. The molecule has 0 saturated heterocycles. The first kappa shape index (κ1) is 20.2. The average molecular weight is 428 g/mol. The highest BCUT2D eigenvalue weighted by Crippen LogP contribution is 2.24. The van der Waals surface area contributed by atoms with Gasteiger partial charge < -0.3 is 10.1 Å². The van der Waals surface area contributed by atoms with Gasteiger partial charge in [-0.1, -0.05) is 23.7 Å². The van der Waals surface area contributed by atoms with Crippen molar-refractivity contribution < 1.29 is 14.5 Å². The van der Waals surface area contributed by atoms with Gasteiger partial charge in [0.25, 0.3) is 11.6 Å². The van der Waals surface area contributed by atoms with Crippen molar-refractivity contribution in [3.63, 3.8) is 0 Å². The minimum absolute atomic E-state index is 0.0134. The zero-order chi connectivity index (χ0) is 20.8. The lowest BCUT2D eigenvalue weighted by Crippen LogP contribution is -2.34. The summed E-state index contributed by atoms with van der Waals surface area (Å²) in [5.74, 6) is 0.576. The molecule has 2 N–H and O–H groups in total. The highest BCUT2D eigenvalue weighted by atomic mass is 35.5. The molecule has 0 radical (unpaired) electrons. The van der Waals surface area contributed by atoms with Crippen LogP contribution in [0.2, 0.25) is 5.02 Å². The van der Waals surface area contributed by atoms with Crippen LogP contribution in [0.4, 0.5) is 11.4 Å². The molecular formula is C20H14ClN3O4S. The molecule has 0 aliphatic rings. The largest absolute Gasteiger partial charge is 0.457 e. The molecule has 0 aliphatic heterocycles. The first-order valence-corrected chi connectivity index (χ1v) is 9.10. The third kappa shape index (κ3) is 5.50. The molecule has 0 unspecified atom stereocenters. The van der Waals surface area contributed by atoms with Gasteiger partial charge in [0.2, 0.25) is 0 Å². The Bertz CT molecular complexity index is 1060. The number of carbonyl (C=O) groups excluding carboxylic acids is 1. The molecule has 7 nitrogen and oxygen atoms in total. The summed E-state index contributed by atoms with van der Waals surface area (Å²) in [4.78, 5) is 22.7. The number of thiocarbonyl (C=S) groups is 1. The number of anilines is 1. The smallest absolute Gasteiger partial charge is 0.282 e. The minimum Gasteiger partial charge on any atom is -0.457 e. The first-order valence-electron chi connectivity index (χ1n) is 8.31. The van der Waals surface area contributed by atoms with E-state index in [1.54, 1.807) is 48.5 Å². The third-order valence-electron chi connectivity index (χ3n) is 3.73. The molecule has 0 atom stereocenters. The van der Waals surface area contributed by atoms with Crippen molar-refractivity contribution in [2.75, 3.05) is 5.32 Å². The maximum absolute atomic E-state index is 12.3. The number of nitro groups is 1. The van der Waals surface area contributed by atoms with Crippen LogP contribution in [-0.4, -0.2) is 15.9 Å². The van der Waals surface area contributed by atoms with E-state index in [0.717, 1.165) is 0 Å². The molecule has 0 spiro atoms. The molecule has 0 heterocycles. The first-order chi connectivity index (χ1) is 13.9. The van der Waals surface area contributed by atoms with Gasteiger partial charge in [-0.2, -0.15) is 0 Å². The van der Waals surface area contributed by atoms with E-state index in [0.29, 0.717) is 22.2 Å². The van der Waals surface area contributed by atoms with Crippen molar-refractivity contribution in [1.82, 2.24) is 5.32 Å². The zero-order valence-electron chi connectivity index (χ0n) is 14.8. The molecule has 0 aliphatic carbocycles. The van der Waals surface area contributed by atoms with Crippen LogP contribution in [0, 0.1) is 10.1 Å². The summed E-state index contributed by atoms with van der Waals surface area (Å²) < 4.78 is 5.70. The fraction of sp³-hybridized carbons (Fsp3) is 0. The Morgan fingerprint density at radius 2 is 1.55 bits per heavy atom. The lowest BCUT2D eigenvalue weighted by atomic mass is 10.1. The lowest BCUT2D eigenvalue weighted by Gasteiger charge is -2.11. The Balaban J connectivity index is 1.60. The molecule has 0 aromatic heterocycles. The number of benzene rings is 3. The Labute approximate surface area is 176 Å². The van der Waals surface area contributed by atoms with Gasteiger partial charge in [0, 0.05) is 16.8 Å². The van der Waals surface area contributed by atoms with Gasteiger partial charge in [-0.15, -0.1) is 0 Å².